The molecule has 6 nitrogen and oxygen atoms in total. The lowest BCUT2D eigenvalue weighted by Gasteiger charge is -2.35. The lowest BCUT2D eigenvalue weighted by molar-refractivity contribution is -0.130. The van der Waals surface area contributed by atoms with E-state index in [1.54, 1.807) is 6.92 Å². The van der Waals surface area contributed by atoms with Gasteiger partial charge >= 0.3 is 6.03 Å². The van der Waals surface area contributed by atoms with E-state index >= 15 is 0 Å². The van der Waals surface area contributed by atoms with Crippen molar-refractivity contribution in [3.8, 4) is 0 Å². The van der Waals surface area contributed by atoms with Crippen molar-refractivity contribution in [2.45, 2.75) is 31.8 Å². The van der Waals surface area contributed by atoms with Crippen molar-refractivity contribution in [3.05, 3.63) is 0 Å². The molecule has 0 bridgehead atoms. The van der Waals surface area contributed by atoms with Crippen LogP contribution in [0.5, 0.6) is 0 Å². The Kier molecular flexibility index (Phi) is 3.35. The highest BCUT2D eigenvalue weighted by Gasteiger charge is 2.43. The molecule has 3 fully saturated rings. The highest BCUT2D eigenvalue weighted by Crippen LogP contribution is 2.26. The van der Waals surface area contributed by atoms with Crippen molar-refractivity contribution in [2.75, 3.05) is 39.4 Å². The van der Waals surface area contributed by atoms with Crippen LogP contribution in [0.15, 0.2) is 0 Å². The molecule has 106 valence electrons. The minimum atomic E-state index is 0.108. The lowest BCUT2D eigenvalue weighted by Crippen LogP contribution is -2.53. The predicted octanol–water partition coefficient (Wildman–Crippen LogP) is 0.134. The zero-order valence-electron chi connectivity index (χ0n) is 11.4. The van der Waals surface area contributed by atoms with Crippen LogP contribution in [0.4, 0.5) is 4.79 Å². The van der Waals surface area contributed by atoms with Crippen LogP contribution in [0.2, 0.25) is 0 Å². The molecule has 0 N–H and O–H groups in total. The van der Waals surface area contributed by atoms with Crippen LogP contribution in [0.1, 0.15) is 19.8 Å². The molecule has 1 unspecified atom stereocenters. The molecule has 3 saturated heterocycles. The molecular formula is C13H21N3O3. The lowest BCUT2D eigenvalue weighted by atomic mass is 10.1. The predicted molar refractivity (Wildman–Crippen MR) is 68.7 cm³/mol. The normalized spacial score (nSPS) is 28.8. The summed E-state index contributed by atoms with van der Waals surface area (Å²) in [5.74, 6) is 0.108. The topological polar surface area (TPSA) is 53.1 Å². The van der Waals surface area contributed by atoms with Gasteiger partial charge in [-0.3, -0.25) is 4.79 Å². The Morgan fingerprint density at radius 2 is 1.84 bits per heavy atom. The molecule has 3 rings (SSSR count). The van der Waals surface area contributed by atoms with Gasteiger partial charge < -0.3 is 19.4 Å². The summed E-state index contributed by atoms with van der Waals surface area (Å²) in [4.78, 5) is 29.7. The maximum atomic E-state index is 12.4. The van der Waals surface area contributed by atoms with Crippen LogP contribution in [-0.2, 0) is 9.53 Å². The summed E-state index contributed by atoms with van der Waals surface area (Å²) in [6.07, 6.45) is 1.87. The van der Waals surface area contributed by atoms with Crippen molar-refractivity contribution in [1.82, 2.24) is 14.7 Å². The minimum Gasteiger partial charge on any atom is -0.381 e. The van der Waals surface area contributed by atoms with E-state index in [-0.39, 0.29) is 18.0 Å². The second kappa shape index (κ2) is 5.00. The Balaban J connectivity index is 1.67. The molecule has 3 amide bonds. The first kappa shape index (κ1) is 12.7. The Morgan fingerprint density at radius 3 is 2.53 bits per heavy atom. The van der Waals surface area contributed by atoms with Gasteiger partial charge in [0.1, 0.15) is 0 Å². The summed E-state index contributed by atoms with van der Waals surface area (Å²) in [6, 6.07) is 0.644. The highest BCUT2D eigenvalue weighted by atomic mass is 16.5. The van der Waals surface area contributed by atoms with Gasteiger partial charge in [0.2, 0.25) is 5.91 Å². The standard InChI is InChI=1S/C13H21N3O3/c1-10(17)14-4-5-15-12(8-14)9-16(13(15)18)11-2-6-19-7-3-11/h11-12H,2-9H2,1H3. The molecule has 0 radical (unpaired) electrons. The number of amides is 3. The SMILES string of the molecule is CC(=O)N1CCN2C(=O)N(C3CCOCC3)CC2C1. The highest BCUT2D eigenvalue weighted by molar-refractivity contribution is 5.79. The Bertz CT molecular complexity index is 381. The zero-order valence-corrected chi connectivity index (χ0v) is 11.4. The molecule has 3 heterocycles. The van der Waals surface area contributed by atoms with Gasteiger partial charge in [0, 0.05) is 52.4 Å². The van der Waals surface area contributed by atoms with Gasteiger partial charge in [0.25, 0.3) is 0 Å². The summed E-state index contributed by atoms with van der Waals surface area (Å²) in [6.45, 7) is 5.87. The first-order valence-corrected chi connectivity index (χ1v) is 7.07. The van der Waals surface area contributed by atoms with Gasteiger partial charge in [-0.2, -0.15) is 0 Å². The molecule has 0 aromatic heterocycles. The summed E-state index contributed by atoms with van der Waals surface area (Å²) in [5, 5.41) is 0. The number of rotatable bonds is 1. The van der Waals surface area contributed by atoms with E-state index < -0.39 is 0 Å². The molecule has 3 aliphatic rings. The Labute approximate surface area is 113 Å². The zero-order chi connectivity index (χ0) is 13.4. The Morgan fingerprint density at radius 1 is 1.11 bits per heavy atom. The largest absolute Gasteiger partial charge is 0.381 e. The third kappa shape index (κ3) is 2.29. The van der Waals surface area contributed by atoms with Gasteiger partial charge in [-0.1, -0.05) is 0 Å². The van der Waals surface area contributed by atoms with E-state index in [1.807, 2.05) is 14.7 Å². The van der Waals surface area contributed by atoms with E-state index in [0.717, 1.165) is 32.6 Å². The summed E-state index contributed by atoms with van der Waals surface area (Å²) in [5.41, 5.74) is 0. The van der Waals surface area contributed by atoms with Crippen LogP contribution in [-0.4, -0.2) is 78.1 Å². The molecule has 0 aliphatic carbocycles. The van der Waals surface area contributed by atoms with Crippen molar-refractivity contribution in [3.63, 3.8) is 0 Å². The number of ether oxygens (including phenoxy) is 1. The van der Waals surface area contributed by atoms with E-state index in [4.69, 9.17) is 4.74 Å². The van der Waals surface area contributed by atoms with Crippen LogP contribution >= 0.6 is 0 Å². The van der Waals surface area contributed by atoms with Gasteiger partial charge in [-0.05, 0) is 12.8 Å². The number of piperazine rings is 1. The van der Waals surface area contributed by atoms with Crippen molar-refractivity contribution in [2.24, 2.45) is 0 Å². The fourth-order valence-electron chi connectivity index (χ4n) is 3.32. The number of carbonyl (C=O) groups is 2. The molecule has 0 spiro atoms. The van der Waals surface area contributed by atoms with Crippen molar-refractivity contribution in [1.29, 1.82) is 0 Å². The van der Waals surface area contributed by atoms with Crippen LogP contribution in [0, 0.1) is 0 Å². The third-order valence-corrected chi connectivity index (χ3v) is 4.46. The number of fused-ring (bicyclic) bond motifs is 1. The summed E-state index contributed by atoms with van der Waals surface area (Å²) in [7, 11) is 0. The average Bonchev–Trinajstić information content (AvgIpc) is 2.76. The quantitative estimate of drug-likeness (QED) is 0.679. The molecule has 1 atom stereocenters. The van der Waals surface area contributed by atoms with E-state index in [9.17, 15) is 9.59 Å². The van der Waals surface area contributed by atoms with Crippen LogP contribution in [0.3, 0.4) is 0 Å². The first-order chi connectivity index (χ1) is 9.16. The average molecular weight is 267 g/mol. The fraction of sp³-hybridized carbons (Fsp3) is 0.846. The number of nitrogens with zero attached hydrogens (tertiary/aromatic N) is 3. The number of carbonyl (C=O) groups excluding carboxylic acids is 2. The van der Waals surface area contributed by atoms with E-state index in [0.29, 0.717) is 25.7 Å². The van der Waals surface area contributed by atoms with E-state index in [2.05, 4.69) is 0 Å². The van der Waals surface area contributed by atoms with Gasteiger partial charge in [-0.15, -0.1) is 0 Å². The van der Waals surface area contributed by atoms with Crippen molar-refractivity contribution >= 4 is 11.9 Å². The molecule has 0 saturated carbocycles. The molecule has 0 aromatic carbocycles. The van der Waals surface area contributed by atoms with Crippen molar-refractivity contribution < 1.29 is 14.3 Å². The van der Waals surface area contributed by atoms with Gasteiger partial charge in [-0.25, -0.2) is 4.79 Å². The summed E-state index contributed by atoms with van der Waals surface area (Å²) >= 11 is 0. The molecule has 0 aromatic rings. The smallest absolute Gasteiger partial charge is 0.320 e. The monoisotopic (exact) mass is 267 g/mol. The Hall–Kier alpha value is -1.30. The maximum absolute atomic E-state index is 12.4. The van der Waals surface area contributed by atoms with E-state index in [1.165, 1.54) is 0 Å². The van der Waals surface area contributed by atoms with Gasteiger partial charge in [0.15, 0.2) is 0 Å². The van der Waals surface area contributed by atoms with Gasteiger partial charge in [0.05, 0.1) is 6.04 Å². The van der Waals surface area contributed by atoms with Crippen LogP contribution in [0.25, 0.3) is 0 Å². The molecule has 3 aliphatic heterocycles. The number of hydrogen-bond acceptors (Lipinski definition) is 3. The molecule has 6 heteroatoms. The fourth-order valence-corrected chi connectivity index (χ4v) is 3.32. The second-order valence-corrected chi connectivity index (χ2v) is 5.59. The van der Waals surface area contributed by atoms with Crippen LogP contribution < -0.4 is 0 Å². The summed E-state index contributed by atoms with van der Waals surface area (Å²) < 4.78 is 5.36. The second-order valence-electron chi connectivity index (χ2n) is 5.59. The molecule has 19 heavy (non-hydrogen) atoms. The number of urea groups is 1. The molecular weight excluding hydrogens is 246 g/mol. The maximum Gasteiger partial charge on any atom is 0.320 e. The first-order valence-electron chi connectivity index (χ1n) is 7.07. The minimum absolute atomic E-state index is 0.108. The number of hydrogen-bond donors (Lipinski definition) is 0. The third-order valence-electron chi connectivity index (χ3n) is 4.46.